The van der Waals surface area contributed by atoms with Gasteiger partial charge < -0.3 is 10.2 Å². The molecule has 0 aliphatic carbocycles. The quantitative estimate of drug-likeness (QED) is 0.734. The largest absolute Gasteiger partial charge is 0.383 e. The third-order valence-corrected chi connectivity index (χ3v) is 6.74. The van der Waals surface area contributed by atoms with Crippen molar-refractivity contribution in [3.8, 4) is 0 Å². The topological polar surface area (TPSA) is 82.6 Å². The van der Waals surface area contributed by atoms with E-state index in [0.717, 1.165) is 16.0 Å². The lowest BCUT2D eigenvalue weighted by Crippen LogP contribution is -2.52. The smallest absolute Gasteiger partial charge is 0.238 e. The third-order valence-electron chi connectivity index (χ3n) is 4.03. The number of amides is 1. The number of thiophene rings is 1. The first-order valence-corrected chi connectivity index (χ1v) is 11.0. The summed E-state index contributed by atoms with van der Waals surface area (Å²) in [6, 6.07) is 7.15. The molecule has 1 fully saturated rings. The lowest BCUT2D eigenvalue weighted by Gasteiger charge is -2.33. The van der Waals surface area contributed by atoms with Crippen molar-refractivity contribution in [2.24, 2.45) is 0 Å². The second kappa shape index (κ2) is 8.83. The zero-order valence-electron chi connectivity index (χ0n) is 14.4. The Kier molecular flexibility index (Phi) is 6.48. The fourth-order valence-corrected chi connectivity index (χ4v) is 4.77. The zero-order chi connectivity index (χ0) is 19.3. The number of hydrogen-bond donors (Lipinski definition) is 1. The van der Waals surface area contributed by atoms with Crippen LogP contribution in [0.4, 0.5) is 5.69 Å². The Bertz CT molecular complexity index is 915. The molecule has 3 heterocycles. The van der Waals surface area contributed by atoms with Crippen LogP contribution >= 0.6 is 22.9 Å². The van der Waals surface area contributed by atoms with Gasteiger partial charge in [-0.25, -0.2) is 8.42 Å². The molecule has 1 amide bonds. The molecule has 144 valence electrons. The molecule has 3 rings (SSSR count). The number of piperazine rings is 1. The van der Waals surface area contributed by atoms with Gasteiger partial charge in [-0.3, -0.25) is 9.78 Å². The van der Waals surface area contributed by atoms with E-state index in [1.54, 1.807) is 29.4 Å². The number of aromatic nitrogens is 1. The van der Waals surface area contributed by atoms with Crippen LogP contribution in [-0.2, 0) is 14.8 Å². The maximum Gasteiger partial charge on any atom is 0.238 e. The summed E-state index contributed by atoms with van der Waals surface area (Å²) in [4.78, 5) is 18.7. The van der Waals surface area contributed by atoms with Gasteiger partial charge in [0, 0.05) is 54.5 Å². The van der Waals surface area contributed by atoms with E-state index >= 15 is 0 Å². The predicted molar refractivity (Wildman–Crippen MR) is 108 cm³/mol. The van der Waals surface area contributed by atoms with Crippen molar-refractivity contribution in [1.29, 1.82) is 0 Å². The highest BCUT2D eigenvalue weighted by Gasteiger charge is 2.30. The maximum absolute atomic E-state index is 12.4. The molecular weight excluding hydrogens is 408 g/mol. The fourth-order valence-electron chi connectivity index (χ4n) is 2.60. The fraction of sp³-hybridized carbons (Fsp3) is 0.294. The molecule has 1 aliphatic rings. The Morgan fingerprint density at radius 3 is 2.67 bits per heavy atom. The van der Waals surface area contributed by atoms with Gasteiger partial charge in [0.15, 0.2) is 0 Å². The number of carbonyl (C=O) groups excluding carboxylic acids is 1. The summed E-state index contributed by atoms with van der Waals surface area (Å²) in [6.07, 6.45) is 4.88. The molecule has 1 N–H and O–H groups in total. The Labute approximate surface area is 167 Å². The van der Waals surface area contributed by atoms with Crippen LogP contribution < -0.4 is 5.32 Å². The van der Waals surface area contributed by atoms with Gasteiger partial charge in [-0.2, -0.15) is 4.31 Å². The Morgan fingerprint density at radius 1 is 1.22 bits per heavy atom. The van der Waals surface area contributed by atoms with Gasteiger partial charge in [-0.05, 0) is 30.3 Å². The lowest BCUT2D eigenvalue weighted by molar-refractivity contribution is -0.133. The van der Waals surface area contributed by atoms with E-state index in [9.17, 15) is 13.2 Å². The number of nitrogens with zero attached hydrogens (tertiary/aromatic N) is 3. The van der Waals surface area contributed by atoms with Crippen LogP contribution in [0.3, 0.4) is 0 Å². The molecule has 1 aliphatic heterocycles. The minimum Gasteiger partial charge on any atom is -0.383 e. The van der Waals surface area contributed by atoms with Crippen molar-refractivity contribution in [1.82, 2.24) is 14.2 Å². The van der Waals surface area contributed by atoms with E-state index in [-0.39, 0.29) is 19.0 Å². The Morgan fingerprint density at radius 2 is 2.00 bits per heavy atom. The van der Waals surface area contributed by atoms with Crippen LogP contribution in [0, 0.1) is 0 Å². The molecular formula is C17H19ClN4O3S2. The maximum atomic E-state index is 12.4. The number of hydrogen-bond acceptors (Lipinski definition) is 6. The summed E-state index contributed by atoms with van der Waals surface area (Å²) >= 11 is 7.13. The summed E-state index contributed by atoms with van der Waals surface area (Å²) in [5, 5.41) is 4.34. The van der Waals surface area contributed by atoms with E-state index in [4.69, 9.17) is 11.6 Å². The van der Waals surface area contributed by atoms with Crippen molar-refractivity contribution < 1.29 is 13.2 Å². The third kappa shape index (κ3) is 5.52. The van der Waals surface area contributed by atoms with Crippen LogP contribution in [-0.4, -0.2) is 61.2 Å². The second-order valence-electron chi connectivity index (χ2n) is 5.87. The zero-order valence-corrected chi connectivity index (χ0v) is 16.8. The van der Waals surface area contributed by atoms with Crippen molar-refractivity contribution in [3.63, 3.8) is 0 Å². The van der Waals surface area contributed by atoms with Crippen LogP contribution in [0.5, 0.6) is 0 Å². The molecule has 0 unspecified atom stereocenters. The monoisotopic (exact) mass is 426 g/mol. The van der Waals surface area contributed by atoms with Gasteiger partial charge in [0.2, 0.25) is 15.9 Å². The Hall–Kier alpha value is -1.94. The molecule has 10 heteroatoms. The predicted octanol–water partition coefficient (Wildman–Crippen LogP) is 2.35. The highest BCUT2D eigenvalue weighted by atomic mass is 35.5. The number of carbonyl (C=O) groups is 1. The number of rotatable bonds is 7. The van der Waals surface area contributed by atoms with Gasteiger partial charge >= 0.3 is 0 Å². The van der Waals surface area contributed by atoms with Crippen LogP contribution in [0.2, 0.25) is 4.34 Å². The molecule has 7 nitrogen and oxygen atoms in total. The highest BCUT2D eigenvalue weighted by Crippen LogP contribution is 2.23. The summed E-state index contributed by atoms with van der Waals surface area (Å²) in [6.45, 7) is 1.60. The number of halogens is 1. The molecule has 2 aromatic heterocycles. The molecule has 0 aromatic carbocycles. The van der Waals surface area contributed by atoms with Crippen LogP contribution in [0.1, 0.15) is 4.88 Å². The first kappa shape index (κ1) is 19.8. The average molecular weight is 427 g/mol. The van der Waals surface area contributed by atoms with Crippen molar-refractivity contribution >= 4 is 50.6 Å². The molecule has 0 bridgehead atoms. The normalized spacial score (nSPS) is 16.2. The first-order chi connectivity index (χ1) is 12.9. The molecule has 27 heavy (non-hydrogen) atoms. The summed E-state index contributed by atoms with van der Waals surface area (Å²) < 4.78 is 26.7. The average Bonchev–Trinajstić information content (AvgIpc) is 3.08. The van der Waals surface area contributed by atoms with E-state index in [1.165, 1.54) is 21.7 Å². The highest BCUT2D eigenvalue weighted by molar-refractivity contribution is 7.92. The minimum atomic E-state index is -3.65. The van der Waals surface area contributed by atoms with Crippen LogP contribution in [0.15, 0.2) is 42.1 Å². The number of anilines is 1. The first-order valence-electron chi connectivity index (χ1n) is 8.29. The van der Waals surface area contributed by atoms with Gasteiger partial charge in [-0.15, -0.1) is 11.3 Å². The van der Waals surface area contributed by atoms with Crippen molar-refractivity contribution in [2.45, 2.75) is 0 Å². The standard InChI is InChI=1S/C17H19ClN4O3S2/c18-16-2-1-15(26-16)5-12-27(24,25)22-11-10-21(17(23)13-22)9-8-20-14-3-6-19-7-4-14/h1-7,12H,8-11,13H2,(H,19,20). The van der Waals surface area contributed by atoms with E-state index in [2.05, 4.69) is 10.3 Å². The van der Waals surface area contributed by atoms with Crippen molar-refractivity contribution in [3.05, 3.63) is 51.3 Å². The summed E-state index contributed by atoms with van der Waals surface area (Å²) in [7, 11) is -3.65. The minimum absolute atomic E-state index is 0.146. The van der Waals surface area contributed by atoms with Gasteiger partial charge in [0.05, 0.1) is 10.9 Å². The Balaban J connectivity index is 1.51. The van der Waals surface area contributed by atoms with E-state index in [1.807, 2.05) is 12.1 Å². The van der Waals surface area contributed by atoms with Gasteiger partial charge in [0.1, 0.15) is 0 Å². The van der Waals surface area contributed by atoms with E-state index in [0.29, 0.717) is 24.0 Å². The van der Waals surface area contributed by atoms with E-state index < -0.39 is 10.0 Å². The lowest BCUT2D eigenvalue weighted by atomic mass is 10.3. The SMILES string of the molecule is O=C1CN(S(=O)(=O)C=Cc2ccc(Cl)s2)CCN1CCNc1ccncc1. The molecule has 0 radical (unpaired) electrons. The van der Waals surface area contributed by atoms with Crippen LogP contribution in [0.25, 0.3) is 6.08 Å². The molecule has 0 atom stereocenters. The molecule has 0 spiro atoms. The summed E-state index contributed by atoms with van der Waals surface area (Å²) in [5.41, 5.74) is 0.928. The number of sulfonamides is 1. The number of nitrogens with one attached hydrogen (secondary N) is 1. The molecule has 1 saturated heterocycles. The number of pyridine rings is 1. The second-order valence-corrected chi connectivity index (χ2v) is 9.43. The van der Waals surface area contributed by atoms with Gasteiger partial charge in [-0.1, -0.05) is 11.6 Å². The van der Waals surface area contributed by atoms with Gasteiger partial charge in [0.25, 0.3) is 0 Å². The molecule has 0 saturated carbocycles. The van der Waals surface area contributed by atoms with Crippen molar-refractivity contribution in [2.75, 3.05) is 38.0 Å². The summed E-state index contributed by atoms with van der Waals surface area (Å²) in [5.74, 6) is -0.200. The molecule has 2 aromatic rings.